The van der Waals surface area contributed by atoms with Crippen LogP contribution in [0.5, 0.6) is 0 Å². The quantitative estimate of drug-likeness (QED) is 0.801. The van der Waals surface area contributed by atoms with E-state index in [0.717, 1.165) is 29.4 Å². The smallest absolute Gasteiger partial charge is 0.263 e. The largest absolute Gasteiger partial charge is 0.357 e. The zero-order valence-corrected chi connectivity index (χ0v) is 12.1. The maximum absolute atomic E-state index is 12.9. The average Bonchev–Trinajstić information content (AvgIpc) is 2.93. The molecule has 3 aromatic rings. The summed E-state index contributed by atoms with van der Waals surface area (Å²) in [5.41, 5.74) is 6.68. The third-order valence-electron chi connectivity index (χ3n) is 3.74. The normalized spacial score (nSPS) is 10.5. The highest BCUT2D eigenvalue weighted by atomic mass is 16.2. The van der Waals surface area contributed by atoms with Crippen molar-refractivity contribution in [3.05, 3.63) is 71.4 Å². The van der Waals surface area contributed by atoms with Gasteiger partial charge < -0.3 is 5.73 Å². The van der Waals surface area contributed by atoms with Gasteiger partial charge in [-0.2, -0.15) is 5.26 Å². The second-order valence-corrected chi connectivity index (χ2v) is 5.11. The Hall–Kier alpha value is -2.90. The van der Waals surface area contributed by atoms with Gasteiger partial charge in [0.1, 0.15) is 0 Å². The Morgan fingerprint density at radius 3 is 2.64 bits per heavy atom. The third-order valence-corrected chi connectivity index (χ3v) is 3.74. The fraction of sp³-hybridized carbons (Fsp3) is 0.111. The van der Waals surface area contributed by atoms with Crippen molar-refractivity contribution in [2.75, 3.05) is 6.54 Å². The first-order valence-corrected chi connectivity index (χ1v) is 7.18. The van der Waals surface area contributed by atoms with Crippen molar-refractivity contribution >= 4 is 16.8 Å². The maximum atomic E-state index is 12.9. The topological polar surface area (TPSA) is 73.4 Å². The number of carbonyl (C=O) groups excluding carboxylic acids is 1. The molecule has 0 atom stereocenters. The van der Waals surface area contributed by atoms with Crippen molar-refractivity contribution in [1.29, 1.82) is 5.26 Å². The van der Waals surface area contributed by atoms with Gasteiger partial charge in [-0.15, -0.1) is 0 Å². The van der Waals surface area contributed by atoms with Crippen molar-refractivity contribution < 1.29 is 10.5 Å². The molecule has 0 unspecified atom stereocenters. The molecule has 0 amide bonds. The Morgan fingerprint density at radius 2 is 1.86 bits per heavy atom. The van der Waals surface area contributed by atoms with Crippen molar-refractivity contribution in [3.8, 4) is 6.07 Å². The molecule has 4 heteroatoms. The summed E-state index contributed by atoms with van der Waals surface area (Å²) in [6, 6.07) is 16.8. The van der Waals surface area contributed by atoms with Crippen LogP contribution in [-0.4, -0.2) is 17.0 Å². The van der Waals surface area contributed by atoms with Crippen LogP contribution in [0.4, 0.5) is 0 Å². The Labute approximate surface area is 128 Å². The van der Waals surface area contributed by atoms with Crippen molar-refractivity contribution in [3.63, 3.8) is 0 Å². The standard InChI is InChI=1S/C18H15N3O/c19-10-9-14-12-21(17-8-4-3-6-15(14)17)18(22)16-7-2-1-5-13(16)11-20/h1-8,12H,9-10,19H2/p+1. The van der Waals surface area contributed by atoms with Gasteiger partial charge in [0.25, 0.3) is 5.91 Å². The van der Waals surface area contributed by atoms with Crippen LogP contribution in [0, 0.1) is 11.3 Å². The van der Waals surface area contributed by atoms with Gasteiger partial charge in [0.15, 0.2) is 0 Å². The lowest BCUT2D eigenvalue weighted by atomic mass is 10.1. The summed E-state index contributed by atoms with van der Waals surface area (Å²) in [6.07, 6.45) is 2.69. The SMILES string of the molecule is N#Cc1ccccc1C(=O)n1cc(CC[NH3+])c2ccccc21. The minimum Gasteiger partial charge on any atom is -0.357 e. The first-order chi connectivity index (χ1) is 10.8. The number of aromatic nitrogens is 1. The Kier molecular flexibility index (Phi) is 3.73. The number of rotatable bonds is 3. The maximum Gasteiger partial charge on any atom is 0.263 e. The molecule has 108 valence electrons. The van der Waals surface area contributed by atoms with Gasteiger partial charge in [0.05, 0.1) is 29.3 Å². The van der Waals surface area contributed by atoms with Gasteiger partial charge in [-0.05, 0) is 23.8 Å². The molecule has 0 saturated carbocycles. The number of hydrogen-bond donors (Lipinski definition) is 1. The molecule has 0 fully saturated rings. The Morgan fingerprint density at radius 1 is 1.14 bits per heavy atom. The fourth-order valence-electron chi connectivity index (χ4n) is 2.70. The molecular formula is C18H16N3O+. The van der Waals surface area contributed by atoms with Gasteiger partial charge in [0, 0.05) is 18.0 Å². The molecular weight excluding hydrogens is 274 g/mol. The van der Waals surface area contributed by atoms with Gasteiger partial charge in [-0.3, -0.25) is 9.36 Å². The van der Waals surface area contributed by atoms with Gasteiger partial charge in [-0.25, -0.2) is 0 Å². The van der Waals surface area contributed by atoms with Crippen LogP contribution >= 0.6 is 0 Å². The van der Waals surface area contributed by atoms with Crippen LogP contribution in [0.25, 0.3) is 10.9 Å². The predicted octanol–water partition coefficient (Wildman–Crippen LogP) is 1.99. The van der Waals surface area contributed by atoms with Crippen LogP contribution in [0.2, 0.25) is 0 Å². The highest BCUT2D eigenvalue weighted by molar-refractivity contribution is 6.04. The van der Waals surface area contributed by atoms with E-state index in [1.807, 2.05) is 30.5 Å². The molecule has 0 radical (unpaired) electrons. The van der Waals surface area contributed by atoms with E-state index in [1.165, 1.54) is 0 Å². The number of benzene rings is 2. The van der Waals surface area contributed by atoms with E-state index in [4.69, 9.17) is 0 Å². The average molecular weight is 290 g/mol. The minimum atomic E-state index is -0.177. The predicted molar refractivity (Wildman–Crippen MR) is 84.3 cm³/mol. The monoisotopic (exact) mass is 290 g/mol. The zero-order chi connectivity index (χ0) is 15.5. The Bertz CT molecular complexity index is 887. The van der Waals surface area contributed by atoms with Gasteiger partial charge >= 0.3 is 0 Å². The van der Waals surface area contributed by atoms with Crippen molar-refractivity contribution in [1.82, 2.24) is 4.57 Å². The first-order valence-electron chi connectivity index (χ1n) is 7.18. The van der Waals surface area contributed by atoms with E-state index in [0.29, 0.717) is 11.1 Å². The zero-order valence-electron chi connectivity index (χ0n) is 12.1. The molecule has 1 aromatic heterocycles. The lowest BCUT2D eigenvalue weighted by Crippen LogP contribution is -2.51. The van der Waals surface area contributed by atoms with Crippen LogP contribution < -0.4 is 5.73 Å². The molecule has 0 aliphatic rings. The molecule has 22 heavy (non-hydrogen) atoms. The van der Waals surface area contributed by atoms with E-state index in [1.54, 1.807) is 28.8 Å². The number of fused-ring (bicyclic) bond motifs is 1. The summed E-state index contributed by atoms with van der Waals surface area (Å²) in [4.78, 5) is 12.9. The van der Waals surface area contributed by atoms with E-state index >= 15 is 0 Å². The summed E-state index contributed by atoms with van der Waals surface area (Å²) < 4.78 is 1.64. The van der Waals surface area contributed by atoms with Crippen LogP contribution in [0.3, 0.4) is 0 Å². The van der Waals surface area contributed by atoms with E-state index in [-0.39, 0.29) is 5.91 Å². The molecule has 1 heterocycles. The molecule has 0 aliphatic heterocycles. The molecule has 2 aromatic carbocycles. The number of nitriles is 1. The number of hydrogen-bond acceptors (Lipinski definition) is 2. The van der Waals surface area contributed by atoms with Crippen LogP contribution in [0.1, 0.15) is 21.5 Å². The minimum absolute atomic E-state index is 0.177. The number of nitrogens with zero attached hydrogens (tertiary/aromatic N) is 2. The van der Waals surface area contributed by atoms with Gasteiger partial charge in [0.2, 0.25) is 0 Å². The first kappa shape index (κ1) is 14.1. The molecule has 0 bridgehead atoms. The second-order valence-electron chi connectivity index (χ2n) is 5.11. The van der Waals surface area contributed by atoms with E-state index < -0.39 is 0 Å². The fourth-order valence-corrected chi connectivity index (χ4v) is 2.70. The highest BCUT2D eigenvalue weighted by Gasteiger charge is 2.17. The molecule has 0 aliphatic carbocycles. The summed E-state index contributed by atoms with van der Waals surface area (Å²) in [5.74, 6) is -0.177. The number of para-hydroxylation sites is 1. The molecule has 3 N–H and O–H groups in total. The number of quaternary nitrogens is 1. The molecule has 0 spiro atoms. The van der Waals surface area contributed by atoms with Crippen LogP contribution in [-0.2, 0) is 6.42 Å². The van der Waals surface area contributed by atoms with Crippen LogP contribution in [0.15, 0.2) is 54.7 Å². The van der Waals surface area contributed by atoms with Crippen molar-refractivity contribution in [2.24, 2.45) is 0 Å². The van der Waals surface area contributed by atoms with E-state index in [9.17, 15) is 10.1 Å². The summed E-state index contributed by atoms with van der Waals surface area (Å²) in [6.45, 7) is 0.775. The Balaban J connectivity index is 2.18. The summed E-state index contributed by atoms with van der Waals surface area (Å²) in [7, 11) is 0. The summed E-state index contributed by atoms with van der Waals surface area (Å²) >= 11 is 0. The second kappa shape index (κ2) is 5.84. The molecule has 0 saturated heterocycles. The summed E-state index contributed by atoms with van der Waals surface area (Å²) in [5, 5.41) is 10.3. The highest BCUT2D eigenvalue weighted by Crippen LogP contribution is 2.23. The lowest BCUT2D eigenvalue weighted by Gasteiger charge is -2.05. The van der Waals surface area contributed by atoms with Gasteiger partial charge in [-0.1, -0.05) is 30.3 Å². The molecule has 4 nitrogen and oxygen atoms in total. The lowest BCUT2D eigenvalue weighted by molar-refractivity contribution is -0.366. The third kappa shape index (κ3) is 2.28. The van der Waals surface area contributed by atoms with Crippen molar-refractivity contribution in [2.45, 2.75) is 6.42 Å². The van der Waals surface area contributed by atoms with E-state index in [2.05, 4.69) is 11.8 Å². The molecule has 3 rings (SSSR count). The number of carbonyl (C=O) groups is 1.